The lowest BCUT2D eigenvalue weighted by Crippen LogP contribution is -2.44. The van der Waals surface area contributed by atoms with Gasteiger partial charge in [-0.2, -0.15) is 0 Å². The average Bonchev–Trinajstić information content (AvgIpc) is 2.82. The Morgan fingerprint density at radius 3 is 2.74 bits per heavy atom. The second kappa shape index (κ2) is 6.68. The highest BCUT2D eigenvalue weighted by Gasteiger charge is 2.26. The van der Waals surface area contributed by atoms with Crippen LogP contribution in [-0.4, -0.2) is 29.7 Å². The van der Waals surface area contributed by atoms with Gasteiger partial charge in [-0.25, -0.2) is 0 Å². The first kappa shape index (κ1) is 14.0. The monoisotopic (exact) mass is 262 g/mol. The van der Waals surface area contributed by atoms with Crippen LogP contribution in [0.25, 0.3) is 0 Å². The molecule has 19 heavy (non-hydrogen) atoms. The van der Waals surface area contributed by atoms with Gasteiger partial charge in [0.25, 0.3) is 0 Å². The molecular weight excluding hydrogens is 240 g/mol. The molecule has 2 unspecified atom stereocenters. The van der Waals surface area contributed by atoms with E-state index in [0.717, 1.165) is 24.8 Å². The Kier molecular flexibility index (Phi) is 4.93. The second-order valence-electron chi connectivity index (χ2n) is 5.30. The molecule has 0 spiro atoms. The Balaban J connectivity index is 1.76. The van der Waals surface area contributed by atoms with Crippen molar-refractivity contribution in [2.24, 2.45) is 11.7 Å². The van der Waals surface area contributed by atoms with E-state index >= 15 is 0 Å². The molecular formula is C15H22N2O2. The number of rotatable bonds is 5. The van der Waals surface area contributed by atoms with Gasteiger partial charge < -0.3 is 16.2 Å². The first-order chi connectivity index (χ1) is 9.16. The molecule has 0 aromatic heterocycles. The lowest BCUT2D eigenvalue weighted by atomic mass is 10.0. The number of nitrogens with one attached hydrogen (secondary N) is 1. The molecule has 4 nitrogen and oxygen atoms in total. The number of carbonyl (C=O) groups is 1. The summed E-state index contributed by atoms with van der Waals surface area (Å²) < 4.78 is 0. The van der Waals surface area contributed by atoms with Crippen molar-refractivity contribution in [3.63, 3.8) is 0 Å². The Hall–Kier alpha value is -1.39. The van der Waals surface area contributed by atoms with Gasteiger partial charge in [-0.05, 0) is 24.8 Å². The van der Waals surface area contributed by atoms with E-state index in [-0.39, 0.29) is 17.9 Å². The van der Waals surface area contributed by atoms with Crippen molar-refractivity contribution in [2.75, 3.05) is 6.54 Å². The molecule has 4 N–H and O–H groups in total. The van der Waals surface area contributed by atoms with Crippen LogP contribution in [-0.2, 0) is 11.2 Å². The molecule has 1 aromatic rings. The van der Waals surface area contributed by atoms with Crippen LogP contribution in [0.3, 0.4) is 0 Å². The first-order valence-electron chi connectivity index (χ1n) is 6.92. The van der Waals surface area contributed by atoms with Gasteiger partial charge in [0.2, 0.25) is 5.91 Å². The number of benzene rings is 1. The summed E-state index contributed by atoms with van der Waals surface area (Å²) in [5.74, 6) is 0.0517. The summed E-state index contributed by atoms with van der Waals surface area (Å²) in [6.07, 6.45) is 3.13. The van der Waals surface area contributed by atoms with Crippen molar-refractivity contribution < 1.29 is 9.90 Å². The fraction of sp³-hybridized carbons (Fsp3) is 0.533. The van der Waals surface area contributed by atoms with Crippen molar-refractivity contribution in [2.45, 2.75) is 37.8 Å². The number of hydrogen-bond donors (Lipinski definition) is 3. The molecule has 4 heteroatoms. The van der Waals surface area contributed by atoms with Crippen LogP contribution in [0.4, 0.5) is 0 Å². The number of amides is 1. The zero-order valence-electron chi connectivity index (χ0n) is 11.1. The van der Waals surface area contributed by atoms with E-state index in [1.54, 1.807) is 0 Å². The highest BCUT2D eigenvalue weighted by atomic mass is 16.3. The smallest absolute Gasteiger partial charge is 0.237 e. The van der Waals surface area contributed by atoms with Crippen molar-refractivity contribution >= 4 is 5.91 Å². The number of nitrogens with two attached hydrogens (primary N) is 1. The first-order valence-corrected chi connectivity index (χ1v) is 6.92. The largest absolute Gasteiger partial charge is 0.393 e. The maximum atomic E-state index is 11.9. The van der Waals surface area contributed by atoms with Crippen LogP contribution in [0.1, 0.15) is 24.8 Å². The lowest BCUT2D eigenvalue weighted by molar-refractivity contribution is -0.122. The molecule has 0 radical (unpaired) electrons. The minimum Gasteiger partial charge on any atom is -0.393 e. The third-order valence-electron chi connectivity index (χ3n) is 3.79. The molecule has 0 heterocycles. The number of carbonyl (C=O) groups excluding carboxylic acids is 1. The predicted octanol–water partition coefficient (Wildman–Crippen LogP) is 0.834. The second-order valence-corrected chi connectivity index (χ2v) is 5.30. The van der Waals surface area contributed by atoms with E-state index in [4.69, 9.17) is 5.73 Å². The third-order valence-corrected chi connectivity index (χ3v) is 3.79. The Morgan fingerprint density at radius 2 is 2.11 bits per heavy atom. The van der Waals surface area contributed by atoms with E-state index < -0.39 is 6.04 Å². The molecule has 1 amide bonds. The van der Waals surface area contributed by atoms with Crippen LogP contribution in [0.2, 0.25) is 0 Å². The van der Waals surface area contributed by atoms with E-state index in [1.165, 1.54) is 0 Å². The zero-order valence-corrected chi connectivity index (χ0v) is 11.1. The van der Waals surface area contributed by atoms with Crippen LogP contribution < -0.4 is 11.1 Å². The molecule has 1 aromatic carbocycles. The lowest BCUT2D eigenvalue weighted by Gasteiger charge is -2.17. The molecule has 1 fully saturated rings. The minimum absolute atomic E-state index is 0.136. The molecule has 0 aliphatic heterocycles. The SMILES string of the molecule is N[C@H](Cc1ccccc1)C(=O)NCC1CCCC1O. The summed E-state index contributed by atoms with van der Waals surface area (Å²) in [7, 11) is 0. The molecule has 1 aliphatic carbocycles. The van der Waals surface area contributed by atoms with Gasteiger partial charge in [0.1, 0.15) is 0 Å². The summed E-state index contributed by atoms with van der Waals surface area (Å²) in [5.41, 5.74) is 6.96. The van der Waals surface area contributed by atoms with Gasteiger partial charge in [0.15, 0.2) is 0 Å². The molecule has 1 saturated carbocycles. The summed E-state index contributed by atoms with van der Waals surface area (Å²) in [6.45, 7) is 0.530. The van der Waals surface area contributed by atoms with E-state index in [1.807, 2.05) is 30.3 Å². The maximum absolute atomic E-state index is 11.9. The maximum Gasteiger partial charge on any atom is 0.237 e. The highest BCUT2D eigenvalue weighted by Crippen LogP contribution is 2.24. The number of aliphatic hydroxyl groups excluding tert-OH is 1. The van der Waals surface area contributed by atoms with Crippen LogP contribution in [0, 0.1) is 5.92 Å². The van der Waals surface area contributed by atoms with Crippen molar-refractivity contribution in [3.05, 3.63) is 35.9 Å². The molecule has 104 valence electrons. The van der Waals surface area contributed by atoms with E-state index in [0.29, 0.717) is 13.0 Å². The van der Waals surface area contributed by atoms with Crippen molar-refractivity contribution in [1.82, 2.24) is 5.32 Å². The fourth-order valence-electron chi connectivity index (χ4n) is 2.58. The van der Waals surface area contributed by atoms with Gasteiger partial charge in [-0.1, -0.05) is 36.8 Å². The molecule has 0 saturated heterocycles. The predicted molar refractivity (Wildman–Crippen MR) is 74.5 cm³/mol. The standard InChI is InChI=1S/C15H22N2O2/c16-13(9-11-5-2-1-3-6-11)15(19)17-10-12-7-4-8-14(12)18/h1-3,5-6,12-14,18H,4,7-10,16H2,(H,17,19)/t12?,13-,14?/m1/s1. The normalized spacial score (nSPS) is 24.1. The van der Waals surface area contributed by atoms with Crippen LogP contribution >= 0.6 is 0 Å². The summed E-state index contributed by atoms with van der Waals surface area (Å²) in [4.78, 5) is 11.9. The Bertz CT molecular complexity index is 408. The number of hydrogen-bond acceptors (Lipinski definition) is 3. The molecule has 2 rings (SSSR count). The zero-order chi connectivity index (χ0) is 13.7. The quantitative estimate of drug-likeness (QED) is 0.736. The summed E-state index contributed by atoms with van der Waals surface area (Å²) >= 11 is 0. The van der Waals surface area contributed by atoms with E-state index in [9.17, 15) is 9.90 Å². The van der Waals surface area contributed by atoms with Gasteiger partial charge >= 0.3 is 0 Å². The summed E-state index contributed by atoms with van der Waals surface area (Å²) in [6, 6.07) is 9.23. The Labute approximate surface area is 114 Å². The topological polar surface area (TPSA) is 75.4 Å². The third kappa shape index (κ3) is 4.04. The Morgan fingerprint density at radius 1 is 1.37 bits per heavy atom. The van der Waals surface area contributed by atoms with Gasteiger partial charge in [-0.15, -0.1) is 0 Å². The van der Waals surface area contributed by atoms with E-state index in [2.05, 4.69) is 5.32 Å². The molecule has 3 atom stereocenters. The van der Waals surface area contributed by atoms with Crippen LogP contribution in [0.5, 0.6) is 0 Å². The van der Waals surface area contributed by atoms with Crippen molar-refractivity contribution in [3.8, 4) is 0 Å². The van der Waals surface area contributed by atoms with Crippen molar-refractivity contribution in [1.29, 1.82) is 0 Å². The van der Waals surface area contributed by atoms with Gasteiger partial charge in [-0.3, -0.25) is 4.79 Å². The highest BCUT2D eigenvalue weighted by molar-refractivity contribution is 5.81. The van der Waals surface area contributed by atoms with Crippen LogP contribution in [0.15, 0.2) is 30.3 Å². The number of aliphatic hydroxyl groups is 1. The van der Waals surface area contributed by atoms with Gasteiger partial charge in [0, 0.05) is 12.5 Å². The fourth-order valence-corrected chi connectivity index (χ4v) is 2.58. The molecule has 1 aliphatic rings. The summed E-state index contributed by atoms with van der Waals surface area (Å²) in [5, 5.41) is 12.5. The molecule has 0 bridgehead atoms. The minimum atomic E-state index is -0.527. The van der Waals surface area contributed by atoms with Gasteiger partial charge in [0.05, 0.1) is 12.1 Å². The average molecular weight is 262 g/mol.